The molecule has 0 unspecified atom stereocenters. The summed E-state index contributed by atoms with van der Waals surface area (Å²) in [5.41, 5.74) is 2.21. The van der Waals surface area contributed by atoms with E-state index in [1.165, 1.54) is 30.7 Å². The molecule has 4 rings (SSSR count). The summed E-state index contributed by atoms with van der Waals surface area (Å²) in [6.45, 7) is 0. The number of alkyl halides is 3. The van der Waals surface area contributed by atoms with Crippen molar-refractivity contribution in [2.75, 3.05) is 7.11 Å². The minimum Gasteiger partial charge on any atom is -0.465 e. The van der Waals surface area contributed by atoms with Gasteiger partial charge in [0.25, 0.3) is 0 Å². The lowest BCUT2D eigenvalue weighted by Gasteiger charge is -2.11. The van der Waals surface area contributed by atoms with Crippen LogP contribution in [0.2, 0.25) is 0 Å². The Balaban J connectivity index is 1.77. The molecule has 7 heteroatoms. The fraction of sp³-hybridized carbons (Fsp3) is 0.0909. The number of hydrogen-bond donors (Lipinski definition) is 0. The van der Waals surface area contributed by atoms with E-state index in [2.05, 4.69) is 4.98 Å². The number of hydrogen-bond acceptors (Lipinski definition) is 4. The molecule has 0 radical (unpaired) electrons. The van der Waals surface area contributed by atoms with Gasteiger partial charge >= 0.3 is 12.1 Å². The zero-order chi connectivity index (χ0) is 20.6. The molecule has 0 aliphatic heterocycles. The molecule has 2 aromatic heterocycles. The van der Waals surface area contributed by atoms with Crippen molar-refractivity contribution in [2.45, 2.75) is 6.18 Å². The summed E-state index contributed by atoms with van der Waals surface area (Å²) in [5.74, 6) is -0.385. The number of fused-ring (bicyclic) bond motifs is 1. The molecule has 0 atom stereocenters. The van der Waals surface area contributed by atoms with E-state index in [9.17, 15) is 18.0 Å². The second kappa shape index (κ2) is 7.33. The molecule has 2 aromatic carbocycles. The van der Waals surface area contributed by atoms with Gasteiger partial charge in [-0.1, -0.05) is 42.5 Å². The first-order valence-corrected chi connectivity index (χ1v) is 9.43. The number of ether oxygens (including phenoxy) is 1. The van der Waals surface area contributed by atoms with Crippen LogP contribution in [-0.4, -0.2) is 18.1 Å². The van der Waals surface area contributed by atoms with E-state index in [1.807, 2.05) is 42.5 Å². The van der Waals surface area contributed by atoms with Gasteiger partial charge in [0.15, 0.2) is 0 Å². The smallest absolute Gasteiger partial charge is 0.433 e. The van der Waals surface area contributed by atoms with E-state index in [-0.39, 0.29) is 5.97 Å². The van der Waals surface area contributed by atoms with Crippen molar-refractivity contribution in [1.29, 1.82) is 0 Å². The standard InChI is InChI=1S/C22H14F3NO2S/c1-28-21(27)19-11-14-7-6-13(10-18(14)29-19)16-4-2-3-5-17(16)15-8-9-20(26-12-15)22(23,24)25/h2-12H,1H3. The van der Waals surface area contributed by atoms with Gasteiger partial charge in [-0.25, -0.2) is 4.79 Å². The third-order valence-electron chi connectivity index (χ3n) is 4.51. The van der Waals surface area contributed by atoms with E-state index in [1.54, 1.807) is 6.07 Å². The molecular weight excluding hydrogens is 399 g/mol. The molecule has 3 nitrogen and oxygen atoms in total. The van der Waals surface area contributed by atoms with Crippen molar-refractivity contribution < 1.29 is 22.7 Å². The topological polar surface area (TPSA) is 39.2 Å². The second-order valence-electron chi connectivity index (χ2n) is 6.33. The van der Waals surface area contributed by atoms with Crippen LogP contribution in [0.15, 0.2) is 66.9 Å². The van der Waals surface area contributed by atoms with Gasteiger partial charge in [0, 0.05) is 16.5 Å². The van der Waals surface area contributed by atoms with Crippen LogP contribution < -0.4 is 0 Å². The van der Waals surface area contributed by atoms with Crippen molar-refractivity contribution in [3.8, 4) is 22.3 Å². The van der Waals surface area contributed by atoms with Gasteiger partial charge in [0.05, 0.1) is 7.11 Å². The molecule has 0 fully saturated rings. The van der Waals surface area contributed by atoms with Gasteiger partial charge in [0.2, 0.25) is 0 Å². The van der Waals surface area contributed by atoms with E-state index >= 15 is 0 Å². The summed E-state index contributed by atoms with van der Waals surface area (Å²) >= 11 is 1.33. The predicted octanol–water partition coefficient (Wildman–Crippen LogP) is 6.44. The first-order chi connectivity index (χ1) is 13.9. The Hall–Kier alpha value is -3.19. The van der Waals surface area contributed by atoms with Crippen molar-refractivity contribution >= 4 is 27.4 Å². The second-order valence-corrected chi connectivity index (χ2v) is 7.41. The van der Waals surface area contributed by atoms with Crippen LogP contribution in [0.5, 0.6) is 0 Å². The highest BCUT2D eigenvalue weighted by Crippen LogP contribution is 2.36. The quantitative estimate of drug-likeness (QED) is 0.363. The number of pyridine rings is 1. The fourth-order valence-electron chi connectivity index (χ4n) is 3.11. The zero-order valence-corrected chi connectivity index (χ0v) is 16.0. The number of rotatable bonds is 3. The Labute approximate surface area is 168 Å². The number of aromatic nitrogens is 1. The largest absolute Gasteiger partial charge is 0.465 e. The summed E-state index contributed by atoms with van der Waals surface area (Å²) < 4.78 is 44.1. The Morgan fingerprint density at radius 1 is 0.966 bits per heavy atom. The minimum absolute atomic E-state index is 0.385. The van der Waals surface area contributed by atoms with Crippen LogP contribution in [0.3, 0.4) is 0 Å². The number of esters is 1. The summed E-state index contributed by atoms with van der Waals surface area (Å²) in [6.07, 6.45) is -3.24. The van der Waals surface area contributed by atoms with E-state index in [0.29, 0.717) is 10.4 Å². The minimum atomic E-state index is -4.47. The molecule has 0 N–H and O–H groups in total. The molecule has 0 spiro atoms. The molecule has 0 saturated carbocycles. The van der Waals surface area contributed by atoms with Crippen LogP contribution in [-0.2, 0) is 10.9 Å². The lowest BCUT2D eigenvalue weighted by molar-refractivity contribution is -0.141. The van der Waals surface area contributed by atoms with Gasteiger partial charge < -0.3 is 4.74 Å². The Kier molecular flexibility index (Phi) is 4.84. The first kappa shape index (κ1) is 19.1. The number of nitrogens with zero attached hydrogens (tertiary/aromatic N) is 1. The highest BCUT2D eigenvalue weighted by molar-refractivity contribution is 7.20. The van der Waals surface area contributed by atoms with Gasteiger partial charge in [-0.05, 0) is 40.3 Å². The maximum atomic E-state index is 12.8. The molecule has 0 aliphatic carbocycles. The zero-order valence-electron chi connectivity index (χ0n) is 15.2. The highest BCUT2D eigenvalue weighted by Gasteiger charge is 2.32. The molecule has 2 heterocycles. The van der Waals surface area contributed by atoms with E-state index in [0.717, 1.165) is 32.8 Å². The van der Waals surface area contributed by atoms with Crippen LogP contribution in [0, 0.1) is 0 Å². The maximum absolute atomic E-state index is 12.8. The van der Waals surface area contributed by atoms with Crippen LogP contribution >= 0.6 is 11.3 Å². The number of thiophene rings is 1. The number of benzene rings is 2. The highest BCUT2D eigenvalue weighted by atomic mass is 32.1. The Bertz CT molecular complexity index is 1200. The molecule has 29 heavy (non-hydrogen) atoms. The molecule has 0 amide bonds. The third-order valence-corrected chi connectivity index (χ3v) is 5.59. The van der Waals surface area contributed by atoms with E-state index < -0.39 is 11.9 Å². The lowest BCUT2D eigenvalue weighted by Crippen LogP contribution is -2.07. The predicted molar refractivity (Wildman–Crippen MR) is 107 cm³/mol. The molecule has 0 aliphatic rings. The maximum Gasteiger partial charge on any atom is 0.433 e. The average Bonchev–Trinajstić information content (AvgIpc) is 3.16. The molecular formula is C22H14F3NO2S. The third kappa shape index (κ3) is 3.73. The molecule has 0 bridgehead atoms. The first-order valence-electron chi connectivity index (χ1n) is 8.62. The summed E-state index contributed by atoms with van der Waals surface area (Å²) in [4.78, 5) is 15.9. The van der Waals surface area contributed by atoms with E-state index in [4.69, 9.17) is 4.74 Å². The number of carbonyl (C=O) groups is 1. The Morgan fingerprint density at radius 3 is 2.28 bits per heavy atom. The normalized spacial score (nSPS) is 11.6. The fourth-order valence-corrected chi connectivity index (χ4v) is 4.13. The monoisotopic (exact) mass is 413 g/mol. The van der Waals surface area contributed by atoms with Crippen molar-refractivity contribution in [1.82, 2.24) is 4.98 Å². The van der Waals surface area contributed by atoms with Gasteiger partial charge in [-0.3, -0.25) is 4.98 Å². The number of halogens is 3. The molecule has 4 aromatic rings. The Morgan fingerprint density at radius 2 is 1.66 bits per heavy atom. The lowest BCUT2D eigenvalue weighted by atomic mass is 9.95. The summed E-state index contributed by atoms with van der Waals surface area (Å²) in [5, 5.41) is 0.924. The van der Waals surface area contributed by atoms with Crippen LogP contribution in [0.25, 0.3) is 32.3 Å². The molecule has 0 saturated heterocycles. The number of carbonyl (C=O) groups excluding carboxylic acids is 1. The van der Waals surface area contributed by atoms with Crippen molar-refractivity contribution in [3.63, 3.8) is 0 Å². The van der Waals surface area contributed by atoms with Crippen molar-refractivity contribution in [3.05, 3.63) is 77.4 Å². The molecule has 146 valence electrons. The summed E-state index contributed by atoms with van der Waals surface area (Å²) in [7, 11) is 1.34. The van der Waals surface area contributed by atoms with Gasteiger partial charge in [-0.2, -0.15) is 13.2 Å². The average molecular weight is 413 g/mol. The van der Waals surface area contributed by atoms with Crippen molar-refractivity contribution in [2.24, 2.45) is 0 Å². The van der Waals surface area contributed by atoms with Crippen LogP contribution in [0.4, 0.5) is 13.2 Å². The number of methoxy groups -OCH3 is 1. The summed E-state index contributed by atoms with van der Waals surface area (Å²) in [6, 6.07) is 17.4. The van der Waals surface area contributed by atoms with Gasteiger partial charge in [-0.15, -0.1) is 11.3 Å². The van der Waals surface area contributed by atoms with Gasteiger partial charge in [0.1, 0.15) is 10.6 Å². The van der Waals surface area contributed by atoms with Crippen LogP contribution in [0.1, 0.15) is 15.4 Å². The SMILES string of the molecule is COC(=O)c1cc2ccc(-c3ccccc3-c3ccc(C(F)(F)F)nc3)cc2s1.